The van der Waals surface area contributed by atoms with Crippen LogP contribution >= 0.6 is 0 Å². The fourth-order valence-corrected chi connectivity index (χ4v) is 1.63. The van der Waals surface area contributed by atoms with Crippen molar-refractivity contribution in [1.29, 1.82) is 0 Å². The fraction of sp³-hybridized carbons (Fsp3) is 0.125. The lowest BCUT2D eigenvalue weighted by atomic mass is 10.1. The Kier molecular flexibility index (Phi) is 3.06. The molecule has 0 aromatic carbocycles. The highest BCUT2D eigenvalue weighted by atomic mass is 32.2. The molecule has 0 radical (unpaired) electrons. The number of rotatable bonds is 3. The molecule has 0 fully saturated rings. The van der Waals surface area contributed by atoms with E-state index in [4.69, 9.17) is 9.66 Å². The third-order valence-corrected chi connectivity index (χ3v) is 2.56. The Morgan fingerprint density at radius 3 is 2.44 bits per heavy atom. The van der Waals surface area contributed by atoms with Crippen LogP contribution in [-0.4, -0.2) is 35.3 Å². The van der Waals surface area contributed by atoms with E-state index < -0.39 is 26.8 Å². The Bertz CT molecular complexity index is 562. The minimum Gasteiger partial charge on any atom is -0.476 e. The van der Waals surface area contributed by atoms with E-state index in [-0.39, 0.29) is 17.4 Å². The summed E-state index contributed by atoms with van der Waals surface area (Å²) >= 11 is 0. The average molecular weight is 245 g/mol. The Hall–Kier alpha value is -1.80. The first-order valence-corrected chi connectivity index (χ1v) is 5.39. The van der Waals surface area contributed by atoms with E-state index in [0.717, 1.165) is 6.07 Å². The van der Waals surface area contributed by atoms with E-state index in [1.165, 1.54) is 6.92 Å². The summed E-state index contributed by atoms with van der Waals surface area (Å²) in [5.41, 5.74) is -0.822. The Morgan fingerprint density at radius 1 is 1.50 bits per heavy atom. The highest BCUT2D eigenvalue weighted by Gasteiger charge is 2.20. The monoisotopic (exact) mass is 245 g/mol. The number of carboxylic acid groups (broad SMARTS) is 1. The molecule has 1 aromatic rings. The molecule has 7 nitrogen and oxygen atoms in total. The largest absolute Gasteiger partial charge is 0.476 e. The molecule has 1 aromatic heterocycles. The maximum Gasteiger partial charge on any atom is 0.355 e. The minimum absolute atomic E-state index is 0.107. The number of carboxylic acids is 1. The number of aromatic carboxylic acids is 1. The first kappa shape index (κ1) is 12.3. The number of nitrogens with zero attached hydrogens (tertiary/aromatic N) is 1. The third-order valence-electron chi connectivity index (χ3n) is 1.83. The van der Waals surface area contributed by atoms with Gasteiger partial charge in [-0.05, 0) is 18.6 Å². The highest BCUT2D eigenvalue weighted by molar-refractivity contribution is 7.85. The zero-order valence-electron chi connectivity index (χ0n) is 8.04. The molecular formula is C8H7NO6S. The van der Waals surface area contributed by atoms with Gasteiger partial charge in [0.05, 0.1) is 5.56 Å². The number of carbonyl (C=O) groups is 2. The Morgan fingerprint density at radius 2 is 2.06 bits per heavy atom. The third kappa shape index (κ3) is 2.23. The number of carbonyl (C=O) groups excluding carboxylic acids is 1. The van der Waals surface area contributed by atoms with Crippen molar-refractivity contribution in [2.24, 2.45) is 0 Å². The average Bonchev–Trinajstić information content (AvgIpc) is 2.14. The molecule has 0 amide bonds. The van der Waals surface area contributed by atoms with Crippen LogP contribution < -0.4 is 0 Å². The van der Waals surface area contributed by atoms with Gasteiger partial charge in [-0.1, -0.05) is 0 Å². The van der Waals surface area contributed by atoms with Crippen LogP contribution in [-0.2, 0) is 10.1 Å². The summed E-state index contributed by atoms with van der Waals surface area (Å²) in [6, 6.07) is 0.922. The van der Waals surface area contributed by atoms with Gasteiger partial charge in [0, 0.05) is 0 Å². The lowest BCUT2D eigenvalue weighted by Crippen LogP contribution is -2.12. The minimum atomic E-state index is -4.60. The van der Waals surface area contributed by atoms with Crippen LogP contribution in [0.4, 0.5) is 0 Å². The Balaban J connectivity index is 3.65. The van der Waals surface area contributed by atoms with E-state index in [1.54, 1.807) is 0 Å². The van der Waals surface area contributed by atoms with Crippen molar-refractivity contribution < 1.29 is 27.7 Å². The first-order valence-electron chi connectivity index (χ1n) is 3.95. The van der Waals surface area contributed by atoms with Gasteiger partial charge in [0.25, 0.3) is 0 Å². The maximum absolute atomic E-state index is 10.8. The number of aryl methyl sites for hydroxylation is 1. The molecule has 0 atom stereocenters. The molecule has 86 valence electrons. The fourth-order valence-electron chi connectivity index (χ4n) is 1.10. The van der Waals surface area contributed by atoms with Gasteiger partial charge in [0.2, 0.25) is 0 Å². The molecule has 0 aliphatic carbocycles. The zero-order valence-corrected chi connectivity index (χ0v) is 8.85. The van der Waals surface area contributed by atoms with Crippen LogP contribution in [0.25, 0.3) is 0 Å². The molecule has 1 heterocycles. The molecule has 0 aliphatic rings. The number of hydrogen-bond donors (Lipinski definition) is 2. The predicted molar refractivity (Wildman–Crippen MR) is 51.1 cm³/mol. The SMILES string of the molecule is Cc1cc(S(=O)(=O)O)nc(C(=O)O)c1C=O. The lowest BCUT2D eigenvalue weighted by Gasteiger charge is -2.04. The molecule has 2 N–H and O–H groups in total. The smallest absolute Gasteiger partial charge is 0.355 e. The molecule has 0 aliphatic heterocycles. The summed E-state index contributed by atoms with van der Waals surface area (Å²) in [6.45, 7) is 1.34. The van der Waals surface area contributed by atoms with Crippen molar-refractivity contribution in [3.8, 4) is 0 Å². The van der Waals surface area contributed by atoms with Gasteiger partial charge in [-0.3, -0.25) is 9.35 Å². The molecule has 1 rings (SSSR count). The summed E-state index contributed by atoms with van der Waals surface area (Å²) < 4.78 is 30.3. The molecular weight excluding hydrogens is 238 g/mol. The van der Waals surface area contributed by atoms with Crippen LogP contribution in [0, 0.1) is 6.92 Å². The van der Waals surface area contributed by atoms with Gasteiger partial charge in [-0.25, -0.2) is 9.78 Å². The zero-order chi connectivity index (χ0) is 12.5. The van der Waals surface area contributed by atoms with Crippen molar-refractivity contribution in [2.45, 2.75) is 11.9 Å². The second kappa shape index (κ2) is 3.99. The van der Waals surface area contributed by atoms with Crippen molar-refractivity contribution in [3.63, 3.8) is 0 Å². The second-order valence-corrected chi connectivity index (χ2v) is 4.31. The van der Waals surface area contributed by atoms with E-state index >= 15 is 0 Å². The van der Waals surface area contributed by atoms with Crippen LogP contribution in [0.15, 0.2) is 11.1 Å². The molecule has 0 saturated carbocycles. The standard InChI is InChI=1S/C8H7NO6S/c1-4-2-6(16(13,14)15)9-7(8(11)12)5(4)3-10/h2-3H,1H3,(H,11,12)(H,13,14,15). The van der Waals surface area contributed by atoms with Gasteiger partial charge >= 0.3 is 16.1 Å². The predicted octanol–water partition coefficient (Wildman–Crippen LogP) is 0.147. The van der Waals surface area contributed by atoms with E-state index in [0.29, 0.717) is 0 Å². The van der Waals surface area contributed by atoms with E-state index in [9.17, 15) is 18.0 Å². The number of aromatic nitrogens is 1. The van der Waals surface area contributed by atoms with Crippen molar-refractivity contribution in [2.75, 3.05) is 0 Å². The molecule has 0 bridgehead atoms. The maximum atomic E-state index is 10.8. The molecule has 0 unspecified atom stereocenters. The van der Waals surface area contributed by atoms with Crippen molar-refractivity contribution in [1.82, 2.24) is 4.98 Å². The summed E-state index contributed by atoms with van der Waals surface area (Å²) in [5, 5.41) is 7.92. The number of hydrogen-bond acceptors (Lipinski definition) is 5. The van der Waals surface area contributed by atoms with Crippen molar-refractivity contribution >= 4 is 22.4 Å². The van der Waals surface area contributed by atoms with Gasteiger partial charge in [0.15, 0.2) is 17.0 Å². The van der Waals surface area contributed by atoms with Crippen LogP contribution in [0.2, 0.25) is 0 Å². The normalized spacial score (nSPS) is 11.1. The van der Waals surface area contributed by atoms with E-state index in [1.807, 2.05) is 0 Å². The topological polar surface area (TPSA) is 122 Å². The Labute approximate surface area is 90.5 Å². The molecule has 8 heteroatoms. The van der Waals surface area contributed by atoms with Gasteiger partial charge in [-0.15, -0.1) is 0 Å². The van der Waals surface area contributed by atoms with Crippen molar-refractivity contribution in [3.05, 3.63) is 22.9 Å². The summed E-state index contributed by atoms with van der Waals surface area (Å²) in [7, 11) is -4.60. The van der Waals surface area contributed by atoms with Gasteiger partial charge < -0.3 is 5.11 Å². The van der Waals surface area contributed by atoms with Crippen LogP contribution in [0.3, 0.4) is 0 Å². The number of pyridine rings is 1. The second-order valence-electron chi connectivity index (χ2n) is 2.94. The molecule has 0 spiro atoms. The van der Waals surface area contributed by atoms with Crippen LogP contribution in [0.5, 0.6) is 0 Å². The first-order chi connectivity index (χ1) is 7.27. The summed E-state index contributed by atoms with van der Waals surface area (Å²) in [4.78, 5) is 24.5. The van der Waals surface area contributed by atoms with Gasteiger partial charge in [-0.2, -0.15) is 8.42 Å². The molecule has 16 heavy (non-hydrogen) atoms. The number of aldehydes is 1. The summed E-state index contributed by atoms with van der Waals surface area (Å²) in [5.74, 6) is -1.55. The summed E-state index contributed by atoms with van der Waals surface area (Å²) in [6.07, 6.45) is 0.263. The van der Waals surface area contributed by atoms with E-state index in [2.05, 4.69) is 4.98 Å². The highest BCUT2D eigenvalue weighted by Crippen LogP contribution is 2.15. The quantitative estimate of drug-likeness (QED) is 0.574. The van der Waals surface area contributed by atoms with Crippen LogP contribution in [0.1, 0.15) is 26.4 Å². The lowest BCUT2D eigenvalue weighted by molar-refractivity contribution is 0.0686. The molecule has 0 saturated heterocycles. The van der Waals surface area contributed by atoms with Gasteiger partial charge in [0.1, 0.15) is 0 Å².